The van der Waals surface area contributed by atoms with E-state index in [1.54, 1.807) is 0 Å². The highest BCUT2D eigenvalue weighted by molar-refractivity contribution is 6.99. The maximum Gasteiger partial charge on any atom is 0.297 e. The predicted octanol–water partition coefficient (Wildman–Crippen LogP) is 15.8. The Hall–Kier alpha value is -5.48. The Balaban J connectivity index is 1.28. The molecule has 2 aliphatic carbocycles. The van der Waals surface area contributed by atoms with Gasteiger partial charge in [0.2, 0.25) is 0 Å². The zero-order valence-corrected chi connectivity index (χ0v) is 43.1. The number of benzene rings is 6. The van der Waals surface area contributed by atoms with Gasteiger partial charge >= 0.3 is 0 Å². The average Bonchev–Trinajstić information content (AvgIpc) is 3.69. The van der Waals surface area contributed by atoms with Crippen molar-refractivity contribution in [2.24, 2.45) is 0 Å². The Labute approximate surface area is 402 Å². The summed E-state index contributed by atoms with van der Waals surface area (Å²) in [5, 5.41) is 2.51. The van der Waals surface area contributed by atoms with Gasteiger partial charge in [-0.2, -0.15) is 0 Å². The molecule has 0 saturated carbocycles. The van der Waals surface area contributed by atoms with E-state index in [1.807, 2.05) is 0 Å². The third-order valence-electron chi connectivity index (χ3n) is 16.8. The van der Waals surface area contributed by atoms with Crippen LogP contribution >= 0.6 is 0 Å². The maximum atomic E-state index is 7.75. The van der Waals surface area contributed by atoms with E-state index in [0.29, 0.717) is 0 Å². The first kappa shape index (κ1) is 44.1. The standard InChI is InChI=1S/C63H71BN2O/c1-38-32-51-54-52(33-38)66(49-27-24-43(59(5,6)7)35-45(49)41-21-20-39-18-16-17-19-40(39)34-41)50-37-47-46(60(8,9)28-29-61(47,10)11)36-48(50)64(54)57-55(53-56(67-57)63(14,15)31-30-62(53,12)13)65(51)44-25-22-42(23-26-44)58(2,3)4/h16-27,32-37H,28-31H2,1-15H3. The van der Waals surface area contributed by atoms with E-state index in [0.717, 1.165) is 37.1 Å². The minimum absolute atomic E-state index is 0.0203. The largest absolute Gasteiger partial charge is 0.472 e. The molecule has 4 aliphatic rings. The molecule has 4 heteroatoms. The van der Waals surface area contributed by atoms with Crippen LogP contribution in [0.15, 0.2) is 114 Å². The van der Waals surface area contributed by atoms with E-state index >= 15 is 0 Å². The van der Waals surface area contributed by atoms with Crippen molar-refractivity contribution in [2.45, 2.75) is 162 Å². The smallest absolute Gasteiger partial charge is 0.297 e. The summed E-state index contributed by atoms with van der Waals surface area (Å²) in [5.74, 6) is 1.16. The summed E-state index contributed by atoms with van der Waals surface area (Å²) in [5.41, 5.74) is 21.8. The van der Waals surface area contributed by atoms with Gasteiger partial charge in [0.05, 0.1) is 17.0 Å². The van der Waals surface area contributed by atoms with Crippen LogP contribution < -0.4 is 26.4 Å². The molecule has 0 unspecified atom stereocenters. The molecule has 0 fully saturated rings. The fourth-order valence-electron chi connectivity index (χ4n) is 12.4. The molecule has 1 aromatic heterocycles. The minimum atomic E-state index is -0.107. The third kappa shape index (κ3) is 6.73. The van der Waals surface area contributed by atoms with Crippen molar-refractivity contribution < 1.29 is 4.42 Å². The van der Waals surface area contributed by atoms with Gasteiger partial charge in [0.1, 0.15) is 5.76 Å². The lowest BCUT2D eigenvalue weighted by molar-refractivity contribution is 0.282. The number of aryl methyl sites for hydroxylation is 1. The normalized spacial score (nSPS) is 18.5. The lowest BCUT2D eigenvalue weighted by Crippen LogP contribution is -2.61. The molecule has 2 aliphatic heterocycles. The van der Waals surface area contributed by atoms with Gasteiger partial charge in [-0.05, 0) is 163 Å². The van der Waals surface area contributed by atoms with Crippen molar-refractivity contribution in [2.75, 3.05) is 9.80 Å². The van der Waals surface area contributed by atoms with Crippen molar-refractivity contribution in [3.63, 3.8) is 0 Å². The number of rotatable bonds is 3. The van der Waals surface area contributed by atoms with E-state index in [2.05, 4.69) is 223 Å². The van der Waals surface area contributed by atoms with Crippen LogP contribution in [0.2, 0.25) is 0 Å². The first-order chi connectivity index (χ1) is 31.4. The van der Waals surface area contributed by atoms with Crippen LogP contribution in [-0.4, -0.2) is 6.71 Å². The summed E-state index contributed by atoms with van der Waals surface area (Å²) in [6.07, 6.45) is 4.50. The van der Waals surface area contributed by atoms with Crippen molar-refractivity contribution in [1.29, 1.82) is 0 Å². The van der Waals surface area contributed by atoms with Crippen LogP contribution in [0.25, 0.3) is 21.9 Å². The zero-order valence-electron chi connectivity index (χ0n) is 43.1. The van der Waals surface area contributed by atoms with Crippen LogP contribution in [0.1, 0.15) is 162 Å². The number of hydrogen-bond acceptors (Lipinski definition) is 3. The monoisotopic (exact) mass is 883 g/mol. The zero-order chi connectivity index (χ0) is 47.5. The second-order valence-corrected chi connectivity index (χ2v) is 25.7. The van der Waals surface area contributed by atoms with Crippen molar-refractivity contribution in [1.82, 2.24) is 0 Å². The second-order valence-electron chi connectivity index (χ2n) is 25.7. The maximum absolute atomic E-state index is 7.75. The van der Waals surface area contributed by atoms with Gasteiger partial charge in [0.15, 0.2) is 0 Å². The molecule has 67 heavy (non-hydrogen) atoms. The molecule has 3 heterocycles. The van der Waals surface area contributed by atoms with Gasteiger partial charge in [-0.15, -0.1) is 0 Å². The lowest BCUT2D eigenvalue weighted by atomic mass is 9.35. The molecule has 0 radical (unpaired) electrons. The molecule has 6 aromatic carbocycles. The fraction of sp³-hybridized carbons (Fsp3) is 0.397. The van der Waals surface area contributed by atoms with Gasteiger partial charge in [-0.3, -0.25) is 0 Å². The second kappa shape index (κ2) is 14.3. The van der Waals surface area contributed by atoms with E-state index in [1.165, 1.54) is 100 Å². The fourth-order valence-corrected chi connectivity index (χ4v) is 12.4. The van der Waals surface area contributed by atoms with Gasteiger partial charge in [0.25, 0.3) is 6.71 Å². The highest BCUT2D eigenvalue weighted by atomic mass is 16.3. The molecule has 0 N–H and O–H groups in total. The summed E-state index contributed by atoms with van der Waals surface area (Å²) < 4.78 is 7.75. The lowest BCUT2D eigenvalue weighted by Gasteiger charge is -2.47. The van der Waals surface area contributed by atoms with Crippen molar-refractivity contribution in [3.8, 4) is 11.1 Å². The Kier molecular flexibility index (Phi) is 9.39. The molecular weight excluding hydrogens is 812 g/mol. The third-order valence-corrected chi connectivity index (χ3v) is 16.8. The summed E-state index contributed by atoms with van der Waals surface area (Å²) in [4.78, 5) is 5.30. The summed E-state index contributed by atoms with van der Waals surface area (Å²) in [6, 6.07) is 42.9. The quantitative estimate of drug-likeness (QED) is 0.165. The molecule has 0 bridgehead atoms. The molecule has 0 saturated heterocycles. The Morgan fingerprint density at radius 3 is 1.76 bits per heavy atom. The van der Waals surface area contributed by atoms with Gasteiger partial charge < -0.3 is 14.2 Å². The van der Waals surface area contributed by atoms with E-state index in [9.17, 15) is 0 Å². The number of nitrogens with zero attached hydrogens (tertiary/aromatic N) is 2. The van der Waals surface area contributed by atoms with Gasteiger partial charge in [-0.25, -0.2) is 0 Å². The van der Waals surface area contributed by atoms with Gasteiger partial charge in [-0.1, -0.05) is 158 Å². The first-order valence-corrected chi connectivity index (χ1v) is 25.2. The highest BCUT2D eigenvalue weighted by Gasteiger charge is 2.53. The molecule has 3 nitrogen and oxygen atoms in total. The number of furan rings is 1. The molecule has 0 spiro atoms. The van der Waals surface area contributed by atoms with Crippen molar-refractivity contribution >= 4 is 68.2 Å². The molecule has 0 amide bonds. The summed E-state index contributed by atoms with van der Waals surface area (Å²) in [7, 11) is 0. The number of fused-ring (bicyclic) bond motifs is 8. The average molecular weight is 883 g/mol. The number of anilines is 6. The molecular formula is C63H71BN2O. The highest BCUT2D eigenvalue weighted by Crippen LogP contribution is 2.56. The van der Waals surface area contributed by atoms with Gasteiger partial charge in [0, 0.05) is 39.3 Å². The van der Waals surface area contributed by atoms with E-state index in [4.69, 9.17) is 4.42 Å². The van der Waals surface area contributed by atoms with E-state index in [-0.39, 0.29) is 39.2 Å². The Morgan fingerprint density at radius 1 is 0.522 bits per heavy atom. The van der Waals surface area contributed by atoms with Crippen LogP contribution in [-0.2, 0) is 32.5 Å². The summed E-state index contributed by atoms with van der Waals surface area (Å²) >= 11 is 0. The number of hydrogen-bond donors (Lipinski definition) is 0. The topological polar surface area (TPSA) is 19.6 Å². The molecule has 11 rings (SSSR count). The first-order valence-electron chi connectivity index (χ1n) is 25.2. The van der Waals surface area contributed by atoms with Crippen LogP contribution in [0.3, 0.4) is 0 Å². The predicted molar refractivity (Wildman–Crippen MR) is 288 cm³/mol. The Bertz CT molecular complexity index is 3180. The van der Waals surface area contributed by atoms with Crippen LogP contribution in [0, 0.1) is 6.92 Å². The summed E-state index contributed by atoms with van der Waals surface area (Å²) in [6.45, 7) is 35.8. The minimum Gasteiger partial charge on any atom is -0.472 e. The SMILES string of the molecule is Cc1cc2c3c(c1)N(c1ccc(C(C)(C)C)cc1)c1c(oc4c1C(C)(C)CCC4(C)C)B3c1cc3c(cc1N2c1ccc(C(C)(C)C)cc1-c1ccc2ccccc2c1)C(C)(C)CCC3(C)C. The molecule has 7 aromatic rings. The molecule has 0 atom stereocenters. The van der Waals surface area contributed by atoms with Crippen molar-refractivity contribution in [3.05, 3.63) is 148 Å². The molecule has 342 valence electrons. The van der Waals surface area contributed by atoms with Crippen LogP contribution in [0.5, 0.6) is 0 Å². The Morgan fingerprint density at radius 2 is 1.10 bits per heavy atom. The van der Waals surface area contributed by atoms with E-state index < -0.39 is 0 Å². The van der Waals surface area contributed by atoms with Crippen LogP contribution in [0.4, 0.5) is 34.1 Å².